The van der Waals surface area contributed by atoms with E-state index in [1.807, 2.05) is 97.1 Å². The molecule has 2 amide bonds. The molecule has 46 heavy (non-hydrogen) atoms. The molecule has 6 rings (SSSR count). The largest absolute Gasteiger partial charge is 0.497 e. The number of methoxy groups -OCH3 is 1. The minimum Gasteiger partial charge on any atom is -0.497 e. The van der Waals surface area contributed by atoms with Crippen LogP contribution in [0.25, 0.3) is 0 Å². The summed E-state index contributed by atoms with van der Waals surface area (Å²) < 4.78 is 12.5. The van der Waals surface area contributed by atoms with Crippen molar-refractivity contribution >= 4 is 23.2 Å². The third-order valence-electron chi connectivity index (χ3n) is 9.98. The molecule has 238 valence electrons. The summed E-state index contributed by atoms with van der Waals surface area (Å²) in [5, 5.41) is 9.90. The van der Waals surface area contributed by atoms with Gasteiger partial charge in [0.1, 0.15) is 5.75 Å². The number of para-hydroxylation sites is 2. The molecular formula is C39H42N2O5. The lowest BCUT2D eigenvalue weighted by atomic mass is 9.63. The van der Waals surface area contributed by atoms with Gasteiger partial charge >= 0.3 is 0 Å². The summed E-state index contributed by atoms with van der Waals surface area (Å²) in [6.45, 7) is 6.88. The van der Waals surface area contributed by atoms with Crippen molar-refractivity contribution in [1.29, 1.82) is 0 Å². The molecule has 7 heteroatoms. The molecule has 1 saturated heterocycles. The van der Waals surface area contributed by atoms with Gasteiger partial charge in [-0.1, -0.05) is 99.6 Å². The van der Waals surface area contributed by atoms with Crippen molar-refractivity contribution in [1.82, 2.24) is 4.90 Å². The molecule has 0 radical (unpaired) electrons. The Balaban J connectivity index is 1.43. The Labute approximate surface area is 271 Å². The van der Waals surface area contributed by atoms with Gasteiger partial charge in [-0.05, 0) is 46.9 Å². The minimum atomic E-state index is -1.28. The monoisotopic (exact) mass is 618 g/mol. The molecule has 1 N–H and O–H groups in total. The van der Waals surface area contributed by atoms with E-state index >= 15 is 0 Å². The lowest BCUT2D eigenvalue weighted by Gasteiger charge is -2.39. The smallest absolute Gasteiger partial charge is 0.268 e. The number of benzene rings is 4. The van der Waals surface area contributed by atoms with Crippen molar-refractivity contribution in [2.45, 2.75) is 50.9 Å². The van der Waals surface area contributed by atoms with Crippen LogP contribution in [0.4, 0.5) is 11.4 Å². The number of aliphatic hydroxyl groups is 1. The average Bonchev–Trinajstić information content (AvgIpc) is 3.51. The Hall–Kier alpha value is -4.46. The van der Waals surface area contributed by atoms with Crippen molar-refractivity contribution in [3.63, 3.8) is 0 Å². The van der Waals surface area contributed by atoms with Crippen molar-refractivity contribution in [3.05, 3.63) is 126 Å². The summed E-state index contributed by atoms with van der Waals surface area (Å²) in [5.41, 5.74) is 2.66. The third kappa shape index (κ3) is 5.37. The first kappa shape index (κ1) is 31.5. The van der Waals surface area contributed by atoms with Crippen LogP contribution in [0.5, 0.6) is 5.75 Å². The van der Waals surface area contributed by atoms with E-state index in [9.17, 15) is 14.7 Å². The molecule has 4 aromatic carbocycles. The summed E-state index contributed by atoms with van der Waals surface area (Å²) in [5.74, 6) is -0.0106. The summed E-state index contributed by atoms with van der Waals surface area (Å²) >= 11 is 0. The van der Waals surface area contributed by atoms with Gasteiger partial charge in [-0.15, -0.1) is 0 Å². The molecule has 2 aliphatic heterocycles. The molecule has 4 aromatic rings. The van der Waals surface area contributed by atoms with E-state index < -0.39 is 17.1 Å². The number of fused-ring (bicyclic) bond motifs is 2. The van der Waals surface area contributed by atoms with Crippen molar-refractivity contribution in [2.24, 2.45) is 11.8 Å². The summed E-state index contributed by atoms with van der Waals surface area (Å²) in [6.07, 6.45) is -0.506. The summed E-state index contributed by atoms with van der Waals surface area (Å²) in [6, 6.07) is 35.3. The van der Waals surface area contributed by atoms with E-state index in [2.05, 4.69) is 32.9 Å². The molecule has 0 saturated carbocycles. The van der Waals surface area contributed by atoms with E-state index in [4.69, 9.17) is 9.47 Å². The highest BCUT2D eigenvalue weighted by Gasteiger charge is 2.66. The fourth-order valence-corrected chi connectivity index (χ4v) is 7.74. The lowest BCUT2D eigenvalue weighted by molar-refractivity contribution is -0.149. The predicted molar refractivity (Wildman–Crippen MR) is 179 cm³/mol. The summed E-state index contributed by atoms with van der Waals surface area (Å²) in [7, 11) is 1.65. The Kier molecular flexibility index (Phi) is 8.73. The first-order valence-corrected chi connectivity index (χ1v) is 16.0. The van der Waals surface area contributed by atoms with E-state index in [0.717, 1.165) is 33.8 Å². The van der Waals surface area contributed by atoms with Crippen LogP contribution in [-0.4, -0.2) is 48.2 Å². The Morgan fingerprint density at radius 2 is 1.57 bits per heavy atom. The molecule has 7 nitrogen and oxygen atoms in total. The number of anilines is 2. The van der Waals surface area contributed by atoms with Crippen LogP contribution in [0.2, 0.25) is 0 Å². The molecule has 1 fully saturated rings. The summed E-state index contributed by atoms with van der Waals surface area (Å²) in [4.78, 5) is 32.4. The number of carbonyl (C=O) groups is 2. The SMILES string of the molecule is COc1ccc(C(C)(C)[C@H]2[C@H](CC(=O)N(CCO)Cc3ccccc3)O[C@@]3(C(=O)N(c4ccccc4)c4ccccc43)[C@@H]2C)cc1. The fraction of sp³-hybridized carbons (Fsp3) is 0.333. The second-order valence-corrected chi connectivity index (χ2v) is 12.9. The number of hydrogen-bond donors (Lipinski definition) is 1. The van der Waals surface area contributed by atoms with Crippen LogP contribution in [0.15, 0.2) is 109 Å². The maximum atomic E-state index is 14.9. The van der Waals surface area contributed by atoms with Crippen LogP contribution >= 0.6 is 0 Å². The second-order valence-electron chi connectivity index (χ2n) is 12.9. The molecule has 0 unspecified atom stereocenters. The van der Waals surface area contributed by atoms with Gasteiger partial charge < -0.3 is 19.5 Å². The highest BCUT2D eigenvalue weighted by Crippen LogP contribution is 2.60. The van der Waals surface area contributed by atoms with Crippen LogP contribution in [0, 0.1) is 11.8 Å². The van der Waals surface area contributed by atoms with E-state index in [0.29, 0.717) is 6.54 Å². The molecule has 2 aliphatic rings. The molecule has 2 heterocycles. The highest BCUT2D eigenvalue weighted by molar-refractivity contribution is 6.12. The zero-order valence-electron chi connectivity index (χ0n) is 26.9. The van der Waals surface area contributed by atoms with Gasteiger partial charge in [-0.2, -0.15) is 0 Å². The lowest BCUT2D eigenvalue weighted by Crippen LogP contribution is -2.45. The number of ether oxygens (including phenoxy) is 2. The number of hydrogen-bond acceptors (Lipinski definition) is 5. The highest BCUT2D eigenvalue weighted by atomic mass is 16.5. The molecule has 0 bridgehead atoms. The van der Waals surface area contributed by atoms with Gasteiger partial charge in [0.15, 0.2) is 5.60 Å². The number of carbonyl (C=O) groups excluding carboxylic acids is 2. The average molecular weight is 619 g/mol. The van der Waals surface area contributed by atoms with Crippen molar-refractivity contribution in [2.75, 3.05) is 25.2 Å². The Morgan fingerprint density at radius 1 is 0.935 bits per heavy atom. The van der Waals surface area contributed by atoms with Crippen LogP contribution in [-0.2, 0) is 31.9 Å². The first-order chi connectivity index (χ1) is 22.2. The predicted octanol–water partition coefficient (Wildman–Crippen LogP) is 6.61. The third-order valence-corrected chi connectivity index (χ3v) is 9.98. The quantitative estimate of drug-likeness (QED) is 0.217. The number of aliphatic hydroxyl groups excluding tert-OH is 1. The van der Waals surface area contributed by atoms with Gasteiger partial charge in [0.25, 0.3) is 5.91 Å². The molecule has 1 spiro atoms. The molecule has 0 aliphatic carbocycles. The number of amides is 2. The number of nitrogens with zero attached hydrogens (tertiary/aromatic N) is 2. The van der Waals surface area contributed by atoms with Crippen molar-refractivity contribution in [3.8, 4) is 5.75 Å². The van der Waals surface area contributed by atoms with Gasteiger partial charge in [0.2, 0.25) is 5.91 Å². The fourth-order valence-electron chi connectivity index (χ4n) is 7.74. The van der Waals surface area contributed by atoms with Crippen LogP contribution in [0.1, 0.15) is 43.9 Å². The standard InChI is InChI=1S/C39H42N2O5/c1-27-36(38(2,3)29-19-21-31(45-4)22-20-29)34(25-35(43)40(23-24-42)26-28-13-7-5-8-14-28)46-39(27)32-17-11-12-18-33(32)41(37(39)44)30-15-9-6-10-16-30/h5-22,27,34,36,42H,23-26H2,1-4H3/t27-,34+,36-,39+/m1/s1. The molecular weight excluding hydrogens is 576 g/mol. The van der Waals surface area contributed by atoms with E-state index in [1.54, 1.807) is 16.9 Å². The maximum Gasteiger partial charge on any atom is 0.268 e. The molecule has 4 atom stereocenters. The Morgan fingerprint density at radius 3 is 2.22 bits per heavy atom. The maximum absolute atomic E-state index is 14.9. The zero-order chi connectivity index (χ0) is 32.5. The first-order valence-electron chi connectivity index (χ1n) is 16.0. The Bertz CT molecular complexity index is 1670. The minimum absolute atomic E-state index is 0.0734. The van der Waals surface area contributed by atoms with Gasteiger partial charge in [-0.3, -0.25) is 14.5 Å². The van der Waals surface area contributed by atoms with Crippen LogP contribution < -0.4 is 9.64 Å². The number of rotatable bonds is 10. The van der Waals surface area contributed by atoms with Crippen LogP contribution in [0.3, 0.4) is 0 Å². The van der Waals surface area contributed by atoms with E-state index in [1.165, 1.54) is 0 Å². The topological polar surface area (TPSA) is 79.3 Å². The van der Waals surface area contributed by atoms with Gasteiger partial charge in [-0.25, -0.2) is 0 Å². The second kappa shape index (κ2) is 12.7. The van der Waals surface area contributed by atoms with Gasteiger partial charge in [0.05, 0.1) is 31.9 Å². The van der Waals surface area contributed by atoms with E-state index in [-0.39, 0.29) is 43.2 Å². The van der Waals surface area contributed by atoms with Gasteiger partial charge in [0, 0.05) is 36.2 Å². The van der Waals surface area contributed by atoms with Crippen molar-refractivity contribution < 1.29 is 24.2 Å². The zero-order valence-corrected chi connectivity index (χ0v) is 26.9. The molecule has 0 aromatic heterocycles. The normalized spacial score (nSPS) is 22.2.